The number of benzene rings is 1. The lowest BCUT2D eigenvalue weighted by Crippen LogP contribution is -2.14. The van der Waals surface area contributed by atoms with E-state index < -0.39 is 11.9 Å². The molecular formula is C13H16O5. The zero-order valence-corrected chi connectivity index (χ0v) is 10.7. The van der Waals surface area contributed by atoms with Crippen LogP contribution in [0, 0.1) is 0 Å². The molecule has 0 atom stereocenters. The Bertz CT molecular complexity index is 439. The Kier molecular flexibility index (Phi) is 5.17. The molecule has 0 heterocycles. The van der Waals surface area contributed by atoms with Crippen molar-refractivity contribution in [1.82, 2.24) is 0 Å². The molecule has 0 amide bonds. The molecule has 1 rings (SSSR count). The quantitative estimate of drug-likeness (QED) is 0.750. The lowest BCUT2D eigenvalue weighted by atomic mass is 10.1. The molecule has 0 aliphatic carbocycles. The van der Waals surface area contributed by atoms with Crippen LogP contribution in [0.5, 0.6) is 5.75 Å². The zero-order valence-electron chi connectivity index (χ0n) is 10.7. The summed E-state index contributed by atoms with van der Waals surface area (Å²) in [6, 6.07) is 4.54. The van der Waals surface area contributed by atoms with Gasteiger partial charge in [0.2, 0.25) is 0 Å². The van der Waals surface area contributed by atoms with Crippen LogP contribution in [0.1, 0.15) is 34.6 Å². The molecule has 1 aromatic rings. The summed E-state index contributed by atoms with van der Waals surface area (Å²) in [5.41, 5.74) is 0.325. The van der Waals surface area contributed by atoms with E-state index in [4.69, 9.17) is 14.2 Å². The number of methoxy groups -OCH3 is 1. The van der Waals surface area contributed by atoms with Gasteiger partial charge < -0.3 is 14.2 Å². The van der Waals surface area contributed by atoms with Crippen molar-refractivity contribution in [2.45, 2.75) is 13.8 Å². The first-order valence-corrected chi connectivity index (χ1v) is 5.66. The van der Waals surface area contributed by atoms with Gasteiger partial charge in [-0.15, -0.1) is 0 Å². The van der Waals surface area contributed by atoms with Gasteiger partial charge in [0.1, 0.15) is 5.75 Å². The fourth-order valence-corrected chi connectivity index (χ4v) is 1.41. The van der Waals surface area contributed by atoms with Crippen molar-refractivity contribution in [2.75, 3.05) is 20.3 Å². The molecule has 0 radical (unpaired) electrons. The fraction of sp³-hybridized carbons (Fsp3) is 0.385. The van der Waals surface area contributed by atoms with E-state index in [-0.39, 0.29) is 24.3 Å². The van der Waals surface area contributed by atoms with E-state index >= 15 is 0 Å². The molecule has 0 aromatic heterocycles. The predicted octanol–water partition coefficient (Wildman–Crippen LogP) is 2.05. The Morgan fingerprint density at radius 1 is 1.00 bits per heavy atom. The second-order valence-electron chi connectivity index (χ2n) is 3.35. The lowest BCUT2D eigenvalue weighted by Gasteiger charge is -2.09. The molecule has 98 valence electrons. The topological polar surface area (TPSA) is 61.8 Å². The highest BCUT2D eigenvalue weighted by atomic mass is 16.5. The van der Waals surface area contributed by atoms with Gasteiger partial charge >= 0.3 is 11.9 Å². The number of ether oxygens (including phenoxy) is 3. The van der Waals surface area contributed by atoms with E-state index in [1.54, 1.807) is 19.9 Å². The van der Waals surface area contributed by atoms with Crippen molar-refractivity contribution in [1.29, 1.82) is 0 Å². The summed E-state index contributed by atoms with van der Waals surface area (Å²) >= 11 is 0. The fourth-order valence-electron chi connectivity index (χ4n) is 1.41. The molecule has 0 saturated carbocycles. The van der Waals surface area contributed by atoms with E-state index in [2.05, 4.69) is 0 Å². The monoisotopic (exact) mass is 252 g/mol. The van der Waals surface area contributed by atoms with Crippen LogP contribution in [0.4, 0.5) is 0 Å². The largest absolute Gasteiger partial charge is 0.497 e. The average molecular weight is 252 g/mol. The van der Waals surface area contributed by atoms with Crippen LogP contribution in [0.3, 0.4) is 0 Å². The van der Waals surface area contributed by atoms with Gasteiger partial charge in [0.25, 0.3) is 0 Å². The third-order valence-electron chi connectivity index (χ3n) is 2.22. The molecule has 0 aliphatic heterocycles. The summed E-state index contributed by atoms with van der Waals surface area (Å²) in [7, 11) is 1.48. The summed E-state index contributed by atoms with van der Waals surface area (Å²) in [5, 5.41) is 0. The first-order chi connectivity index (χ1) is 8.63. The van der Waals surface area contributed by atoms with Crippen molar-refractivity contribution >= 4 is 11.9 Å². The zero-order chi connectivity index (χ0) is 13.5. The number of rotatable bonds is 5. The van der Waals surface area contributed by atoms with E-state index in [1.807, 2.05) is 0 Å². The molecule has 5 nitrogen and oxygen atoms in total. The van der Waals surface area contributed by atoms with Crippen molar-refractivity contribution in [3.05, 3.63) is 29.3 Å². The number of esters is 2. The van der Waals surface area contributed by atoms with Gasteiger partial charge in [-0.25, -0.2) is 9.59 Å². The Labute approximate surface area is 106 Å². The molecular weight excluding hydrogens is 236 g/mol. The van der Waals surface area contributed by atoms with E-state index in [1.165, 1.54) is 19.2 Å². The van der Waals surface area contributed by atoms with Crippen LogP contribution in [-0.2, 0) is 9.47 Å². The molecule has 18 heavy (non-hydrogen) atoms. The van der Waals surface area contributed by atoms with Crippen LogP contribution in [0.25, 0.3) is 0 Å². The standard InChI is InChI=1S/C13H16O5/c1-4-17-12(14)10-7-6-9(16-3)8-11(10)13(15)18-5-2/h6-8H,4-5H2,1-3H3. The Balaban J connectivity index is 3.15. The van der Waals surface area contributed by atoms with Crippen molar-refractivity contribution < 1.29 is 23.8 Å². The summed E-state index contributed by atoms with van der Waals surface area (Å²) < 4.78 is 14.8. The van der Waals surface area contributed by atoms with Gasteiger partial charge in [-0.1, -0.05) is 0 Å². The van der Waals surface area contributed by atoms with Crippen molar-refractivity contribution in [3.63, 3.8) is 0 Å². The molecule has 0 fully saturated rings. The van der Waals surface area contributed by atoms with Crippen molar-refractivity contribution in [2.24, 2.45) is 0 Å². The third-order valence-corrected chi connectivity index (χ3v) is 2.22. The maximum Gasteiger partial charge on any atom is 0.339 e. The van der Waals surface area contributed by atoms with Gasteiger partial charge in [-0.2, -0.15) is 0 Å². The van der Waals surface area contributed by atoms with Crippen molar-refractivity contribution in [3.8, 4) is 5.75 Å². The molecule has 5 heteroatoms. The Hall–Kier alpha value is -2.04. The van der Waals surface area contributed by atoms with Crippen LogP contribution in [0.2, 0.25) is 0 Å². The summed E-state index contributed by atoms with van der Waals surface area (Å²) in [4.78, 5) is 23.5. The minimum atomic E-state index is -0.570. The van der Waals surface area contributed by atoms with E-state index in [9.17, 15) is 9.59 Å². The maximum absolute atomic E-state index is 11.8. The number of hydrogen-bond donors (Lipinski definition) is 0. The molecule has 0 N–H and O–H groups in total. The predicted molar refractivity (Wildman–Crippen MR) is 64.9 cm³/mol. The van der Waals surface area contributed by atoms with Gasteiger partial charge in [-0.3, -0.25) is 0 Å². The summed E-state index contributed by atoms with van der Waals surface area (Å²) in [6.45, 7) is 3.87. The maximum atomic E-state index is 11.8. The SMILES string of the molecule is CCOC(=O)c1ccc(OC)cc1C(=O)OCC. The molecule has 0 unspecified atom stereocenters. The Morgan fingerprint density at radius 3 is 2.06 bits per heavy atom. The molecule has 1 aromatic carbocycles. The van der Waals surface area contributed by atoms with Crippen LogP contribution < -0.4 is 4.74 Å². The molecule has 0 aliphatic rings. The highest BCUT2D eigenvalue weighted by molar-refractivity contribution is 6.03. The second-order valence-corrected chi connectivity index (χ2v) is 3.35. The van der Waals surface area contributed by atoms with Crippen LogP contribution >= 0.6 is 0 Å². The number of carbonyl (C=O) groups is 2. The summed E-state index contributed by atoms with van der Waals surface area (Å²) in [5.74, 6) is -0.645. The minimum absolute atomic E-state index is 0.148. The first-order valence-electron chi connectivity index (χ1n) is 5.66. The lowest BCUT2D eigenvalue weighted by molar-refractivity contribution is 0.0478. The first kappa shape index (κ1) is 14.0. The van der Waals surface area contributed by atoms with Gasteiger partial charge in [-0.05, 0) is 32.0 Å². The summed E-state index contributed by atoms with van der Waals surface area (Å²) in [6.07, 6.45) is 0. The van der Waals surface area contributed by atoms with Gasteiger partial charge in [0, 0.05) is 0 Å². The molecule has 0 saturated heterocycles. The highest BCUT2D eigenvalue weighted by Crippen LogP contribution is 2.19. The second kappa shape index (κ2) is 6.64. The smallest absolute Gasteiger partial charge is 0.339 e. The number of carbonyl (C=O) groups excluding carboxylic acids is 2. The highest BCUT2D eigenvalue weighted by Gasteiger charge is 2.19. The third kappa shape index (κ3) is 3.23. The minimum Gasteiger partial charge on any atom is -0.497 e. The van der Waals surface area contributed by atoms with Gasteiger partial charge in [0.05, 0.1) is 31.5 Å². The molecule has 0 bridgehead atoms. The van der Waals surface area contributed by atoms with Gasteiger partial charge in [0.15, 0.2) is 0 Å². The molecule has 0 spiro atoms. The van der Waals surface area contributed by atoms with Crippen LogP contribution in [0.15, 0.2) is 18.2 Å². The van der Waals surface area contributed by atoms with E-state index in [0.29, 0.717) is 5.75 Å². The average Bonchev–Trinajstić information content (AvgIpc) is 2.38. The number of hydrogen-bond acceptors (Lipinski definition) is 5. The normalized spacial score (nSPS) is 9.72. The Morgan fingerprint density at radius 2 is 1.56 bits per heavy atom. The van der Waals surface area contributed by atoms with Crippen LogP contribution in [-0.4, -0.2) is 32.3 Å². The van der Waals surface area contributed by atoms with E-state index in [0.717, 1.165) is 0 Å².